The molecule has 0 aliphatic carbocycles. The van der Waals surface area contributed by atoms with Gasteiger partial charge in [0, 0.05) is 14.8 Å². The zero-order chi connectivity index (χ0) is 17.1. The van der Waals surface area contributed by atoms with Crippen molar-refractivity contribution < 1.29 is 18.7 Å². The number of halogens is 2. The molecule has 0 aliphatic heterocycles. The summed E-state index contributed by atoms with van der Waals surface area (Å²) in [7, 11) is 0. The first-order valence-electron chi connectivity index (χ1n) is 6.82. The van der Waals surface area contributed by atoms with E-state index in [4.69, 9.17) is 16.3 Å². The quantitative estimate of drug-likeness (QED) is 0.830. The number of thiophene rings is 1. The van der Waals surface area contributed by atoms with E-state index in [1.165, 1.54) is 30.4 Å². The van der Waals surface area contributed by atoms with Crippen LogP contribution in [-0.4, -0.2) is 18.0 Å². The molecule has 2 aromatic rings. The van der Waals surface area contributed by atoms with E-state index in [-0.39, 0.29) is 10.7 Å². The number of anilines is 1. The summed E-state index contributed by atoms with van der Waals surface area (Å²) < 4.78 is 18.8. The van der Waals surface area contributed by atoms with Crippen LogP contribution < -0.4 is 5.32 Å². The molecule has 1 amide bonds. The normalized spacial score (nSPS) is 11.9. The zero-order valence-electron chi connectivity index (χ0n) is 12.8. The number of hydrogen-bond acceptors (Lipinski definition) is 4. The second-order valence-electron chi connectivity index (χ2n) is 4.99. The van der Waals surface area contributed by atoms with Crippen molar-refractivity contribution in [3.63, 3.8) is 0 Å². The first-order chi connectivity index (χ1) is 10.8. The second kappa shape index (κ2) is 7.10. The minimum atomic E-state index is -1.06. The number of carbonyl (C=O) groups is 2. The highest BCUT2D eigenvalue weighted by Gasteiger charge is 2.22. The summed E-state index contributed by atoms with van der Waals surface area (Å²) in [6.07, 6.45) is -1.06. The lowest BCUT2D eigenvalue weighted by Crippen LogP contribution is -2.30. The third-order valence-corrected chi connectivity index (χ3v) is 4.30. The van der Waals surface area contributed by atoms with Gasteiger partial charge < -0.3 is 10.1 Å². The maximum absolute atomic E-state index is 13.7. The molecule has 0 radical (unpaired) electrons. The standard InChI is InChI=1S/C16H15ClFNO3S/c1-8-6-12(10(3)23-8)16(21)22-9(2)15(20)19-14-5-4-11(17)7-13(14)18/h4-7,9H,1-3H3,(H,19,20)/t9-/m0/s1. The van der Waals surface area contributed by atoms with Crippen molar-refractivity contribution >= 4 is 40.5 Å². The number of amides is 1. The topological polar surface area (TPSA) is 55.4 Å². The summed E-state index contributed by atoms with van der Waals surface area (Å²) >= 11 is 7.12. The maximum Gasteiger partial charge on any atom is 0.340 e. The van der Waals surface area contributed by atoms with Gasteiger partial charge in [0.25, 0.3) is 5.91 Å². The van der Waals surface area contributed by atoms with E-state index in [9.17, 15) is 14.0 Å². The van der Waals surface area contributed by atoms with Gasteiger partial charge in [0.05, 0.1) is 11.3 Å². The number of aryl methyl sites for hydroxylation is 2. The fraction of sp³-hybridized carbons (Fsp3) is 0.250. The Hall–Kier alpha value is -1.92. The number of nitrogens with one attached hydrogen (secondary N) is 1. The van der Waals surface area contributed by atoms with Gasteiger partial charge in [-0.25, -0.2) is 9.18 Å². The summed E-state index contributed by atoms with van der Waals surface area (Å²) in [5, 5.41) is 2.59. The lowest BCUT2D eigenvalue weighted by molar-refractivity contribution is -0.123. The van der Waals surface area contributed by atoms with E-state index in [1.807, 2.05) is 13.8 Å². The van der Waals surface area contributed by atoms with Gasteiger partial charge in [0.2, 0.25) is 0 Å². The van der Waals surface area contributed by atoms with Gasteiger partial charge in [-0.15, -0.1) is 11.3 Å². The van der Waals surface area contributed by atoms with Gasteiger partial charge in [0.1, 0.15) is 5.82 Å². The average Bonchev–Trinajstić information content (AvgIpc) is 2.80. The molecule has 4 nitrogen and oxygen atoms in total. The molecule has 1 atom stereocenters. The van der Waals surface area contributed by atoms with Crippen molar-refractivity contribution in [2.75, 3.05) is 5.32 Å². The summed E-state index contributed by atoms with van der Waals surface area (Å²) in [6, 6.07) is 5.60. The zero-order valence-corrected chi connectivity index (χ0v) is 14.3. The molecular formula is C16H15ClFNO3S. The molecule has 1 heterocycles. The summed E-state index contributed by atoms with van der Waals surface area (Å²) in [5.41, 5.74) is 0.412. The number of benzene rings is 1. The molecule has 0 aliphatic rings. The molecule has 1 N–H and O–H groups in total. The van der Waals surface area contributed by atoms with E-state index in [1.54, 1.807) is 6.07 Å². The van der Waals surface area contributed by atoms with Crippen molar-refractivity contribution in [2.24, 2.45) is 0 Å². The van der Waals surface area contributed by atoms with Crippen molar-refractivity contribution in [3.8, 4) is 0 Å². The van der Waals surface area contributed by atoms with Gasteiger partial charge >= 0.3 is 5.97 Å². The first-order valence-corrected chi connectivity index (χ1v) is 8.01. The molecule has 122 valence electrons. The van der Waals surface area contributed by atoms with Crippen LogP contribution in [0, 0.1) is 19.7 Å². The minimum Gasteiger partial charge on any atom is -0.449 e. The third-order valence-electron chi connectivity index (χ3n) is 3.10. The fourth-order valence-electron chi connectivity index (χ4n) is 1.94. The van der Waals surface area contributed by atoms with Crippen LogP contribution in [0.1, 0.15) is 27.0 Å². The Labute approximate surface area is 142 Å². The van der Waals surface area contributed by atoms with Crippen molar-refractivity contribution in [1.29, 1.82) is 0 Å². The molecule has 0 bridgehead atoms. The van der Waals surface area contributed by atoms with Crippen molar-refractivity contribution in [3.05, 3.63) is 50.4 Å². The predicted octanol–water partition coefficient (Wildman–Crippen LogP) is 4.34. The molecule has 23 heavy (non-hydrogen) atoms. The third kappa shape index (κ3) is 4.30. The Morgan fingerprint density at radius 3 is 2.57 bits per heavy atom. The summed E-state index contributed by atoms with van der Waals surface area (Å²) in [6.45, 7) is 5.12. The second-order valence-corrected chi connectivity index (χ2v) is 6.88. The highest BCUT2D eigenvalue weighted by atomic mass is 35.5. The highest BCUT2D eigenvalue weighted by Crippen LogP contribution is 2.22. The average molecular weight is 356 g/mol. The largest absolute Gasteiger partial charge is 0.449 e. The summed E-state index contributed by atoms with van der Waals surface area (Å²) in [4.78, 5) is 25.9. The minimum absolute atomic E-state index is 0.0233. The van der Waals surface area contributed by atoms with E-state index in [0.29, 0.717) is 5.56 Å². The number of rotatable bonds is 4. The van der Waals surface area contributed by atoms with Gasteiger partial charge in [-0.1, -0.05) is 11.6 Å². The Morgan fingerprint density at radius 2 is 2.00 bits per heavy atom. The number of carbonyl (C=O) groups excluding carboxylic acids is 2. The predicted molar refractivity (Wildman–Crippen MR) is 88.7 cm³/mol. The summed E-state index contributed by atoms with van der Waals surface area (Å²) in [5.74, 6) is -1.86. The van der Waals surface area contributed by atoms with Crippen LogP contribution in [0.25, 0.3) is 0 Å². The molecule has 7 heteroatoms. The molecule has 0 spiro atoms. The Bertz CT molecular complexity index is 760. The van der Waals surface area contributed by atoms with E-state index < -0.39 is 23.8 Å². The molecule has 0 saturated carbocycles. The molecule has 0 unspecified atom stereocenters. The molecule has 0 saturated heterocycles. The monoisotopic (exact) mass is 355 g/mol. The highest BCUT2D eigenvalue weighted by molar-refractivity contribution is 7.12. The maximum atomic E-state index is 13.7. The van der Waals surface area contributed by atoms with Crippen LogP contribution in [0.15, 0.2) is 24.3 Å². The number of hydrogen-bond donors (Lipinski definition) is 1. The van der Waals surface area contributed by atoms with Crippen LogP contribution in [0.4, 0.5) is 10.1 Å². The molecule has 0 fully saturated rings. The van der Waals surface area contributed by atoms with Crippen LogP contribution >= 0.6 is 22.9 Å². The Kier molecular flexibility index (Phi) is 5.38. The Balaban J connectivity index is 2.02. The lowest BCUT2D eigenvalue weighted by atomic mass is 10.2. The number of esters is 1. The molecule has 2 rings (SSSR count). The SMILES string of the molecule is Cc1cc(C(=O)O[C@@H](C)C(=O)Nc2ccc(Cl)cc2F)c(C)s1. The van der Waals surface area contributed by atoms with Crippen molar-refractivity contribution in [2.45, 2.75) is 26.9 Å². The van der Waals surface area contributed by atoms with Crippen molar-refractivity contribution in [1.82, 2.24) is 0 Å². The van der Waals surface area contributed by atoms with Crippen LogP contribution in [-0.2, 0) is 9.53 Å². The van der Waals surface area contributed by atoms with E-state index in [0.717, 1.165) is 15.8 Å². The smallest absolute Gasteiger partial charge is 0.340 e. The molecular weight excluding hydrogens is 341 g/mol. The molecule has 1 aromatic heterocycles. The molecule has 1 aromatic carbocycles. The number of ether oxygens (including phenoxy) is 1. The van der Waals surface area contributed by atoms with Gasteiger partial charge in [0.15, 0.2) is 6.10 Å². The van der Waals surface area contributed by atoms with Crippen LogP contribution in [0.5, 0.6) is 0 Å². The Morgan fingerprint density at radius 1 is 1.30 bits per heavy atom. The first kappa shape index (κ1) is 17.4. The van der Waals surface area contributed by atoms with E-state index >= 15 is 0 Å². The van der Waals surface area contributed by atoms with Crippen LogP contribution in [0.3, 0.4) is 0 Å². The van der Waals surface area contributed by atoms with E-state index in [2.05, 4.69) is 5.32 Å². The van der Waals surface area contributed by atoms with Crippen LogP contribution in [0.2, 0.25) is 5.02 Å². The van der Waals surface area contributed by atoms with Gasteiger partial charge in [-0.2, -0.15) is 0 Å². The van der Waals surface area contributed by atoms with Gasteiger partial charge in [-0.05, 0) is 45.0 Å². The fourth-order valence-corrected chi connectivity index (χ4v) is 3.01. The lowest BCUT2D eigenvalue weighted by Gasteiger charge is -2.14. The van der Waals surface area contributed by atoms with Gasteiger partial charge in [-0.3, -0.25) is 4.79 Å².